The Morgan fingerprint density at radius 3 is 2.52 bits per heavy atom. The van der Waals surface area contributed by atoms with Crippen LogP contribution in [0.25, 0.3) is 0 Å². The summed E-state index contributed by atoms with van der Waals surface area (Å²) in [7, 11) is 0. The summed E-state index contributed by atoms with van der Waals surface area (Å²) < 4.78 is 26.5. The Bertz CT molecular complexity index is 616. The molecule has 1 aromatic carbocycles. The number of benzene rings is 1. The first-order valence-corrected chi connectivity index (χ1v) is 7.13. The molecule has 0 bridgehead atoms. The number of anilines is 1. The maximum atomic E-state index is 13.2. The fourth-order valence-electron chi connectivity index (χ4n) is 2.42. The van der Waals surface area contributed by atoms with Crippen molar-refractivity contribution < 1.29 is 28.3 Å². The van der Waals surface area contributed by atoms with Crippen LogP contribution in [-0.2, 0) is 14.4 Å². The molecule has 2 rings (SSSR count). The summed E-state index contributed by atoms with van der Waals surface area (Å²) in [6.07, 6.45) is 0.183. The summed E-state index contributed by atoms with van der Waals surface area (Å²) in [6.45, 7) is 0.233. The molecule has 1 saturated heterocycles. The molecule has 1 aromatic rings. The molecular formula is C15H16F2N2O4. The molecule has 0 unspecified atom stereocenters. The molecule has 23 heavy (non-hydrogen) atoms. The molecule has 0 aliphatic carbocycles. The van der Waals surface area contributed by atoms with Gasteiger partial charge >= 0.3 is 5.97 Å². The molecule has 1 fully saturated rings. The van der Waals surface area contributed by atoms with Gasteiger partial charge in [-0.25, -0.2) is 8.78 Å². The van der Waals surface area contributed by atoms with Gasteiger partial charge in [0.1, 0.15) is 11.6 Å². The van der Waals surface area contributed by atoms with E-state index in [-0.39, 0.29) is 43.4 Å². The third-order valence-corrected chi connectivity index (χ3v) is 3.52. The normalized spacial score (nSPS) is 17.4. The van der Waals surface area contributed by atoms with Gasteiger partial charge in [-0.15, -0.1) is 0 Å². The molecule has 0 aromatic heterocycles. The van der Waals surface area contributed by atoms with Gasteiger partial charge in [0, 0.05) is 37.7 Å². The number of hydrogen-bond acceptors (Lipinski definition) is 3. The number of halogens is 2. The zero-order chi connectivity index (χ0) is 17.0. The van der Waals surface area contributed by atoms with Gasteiger partial charge in [-0.1, -0.05) is 0 Å². The molecule has 0 saturated carbocycles. The number of nitrogens with one attached hydrogen (secondary N) is 1. The minimum atomic E-state index is -0.949. The number of rotatable bonds is 6. The van der Waals surface area contributed by atoms with E-state index in [1.54, 1.807) is 0 Å². The zero-order valence-corrected chi connectivity index (χ0v) is 12.2. The SMILES string of the molecule is O=C(O)CCCNC(=O)[C@@H]1CC(=O)N(c2cc(F)cc(F)c2)C1. The minimum Gasteiger partial charge on any atom is -0.481 e. The van der Waals surface area contributed by atoms with Crippen LogP contribution in [0.1, 0.15) is 19.3 Å². The molecule has 1 heterocycles. The predicted octanol–water partition coefficient (Wildman–Crippen LogP) is 1.30. The second-order valence-electron chi connectivity index (χ2n) is 5.32. The van der Waals surface area contributed by atoms with Crippen LogP contribution in [-0.4, -0.2) is 36.0 Å². The molecule has 1 atom stereocenters. The van der Waals surface area contributed by atoms with Crippen molar-refractivity contribution in [3.05, 3.63) is 29.8 Å². The Morgan fingerprint density at radius 1 is 1.26 bits per heavy atom. The number of hydrogen-bond donors (Lipinski definition) is 2. The third kappa shape index (κ3) is 4.48. The number of aliphatic carboxylic acids is 1. The highest BCUT2D eigenvalue weighted by Gasteiger charge is 2.35. The number of carboxylic acids is 1. The fourth-order valence-corrected chi connectivity index (χ4v) is 2.42. The second-order valence-corrected chi connectivity index (χ2v) is 5.32. The number of carbonyl (C=O) groups is 3. The van der Waals surface area contributed by atoms with E-state index in [9.17, 15) is 23.2 Å². The van der Waals surface area contributed by atoms with E-state index in [0.717, 1.165) is 12.1 Å². The molecule has 0 radical (unpaired) electrons. The van der Waals surface area contributed by atoms with E-state index >= 15 is 0 Å². The van der Waals surface area contributed by atoms with Gasteiger partial charge in [-0.05, 0) is 18.6 Å². The number of carboxylic acid groups (broad SMARTS) is 1. The van der Waals surface area contributed by atoms with E-state index < -0.39 is 23.5 Å². The maximum absolute atomic E-state index is 13.2. The molecule has 1 aliphatic rings. The van der Waals surface area contributed by atoms with Crippen LogP contribution >= 0.6 is 0 Å². The van der Waals surface area contributed by atoms with Crippen molar-refractivity contribution in [1.82, 2.24) is 5.32 Å². The van der Waals surface area contributed by atoms with E-state index in [1.165, 1.54) is 4.90 Å². The predicted molar refractivity (Wildman–Crippen MR) is 76.7 cm³/mol. The van der Waals surface area contributed by atoms with Crippen molar-refractivity contribution in [2.75, 3.05) is 18.0 Å². The lowest BCUT2D eigenvalue weighted by Gasteiger charge is -2.17. The summed E-state index contributed by atoms with van der Waals surface area (Å²) >= 11 is 0. The van der Waals surface area contributed by atoms with Crippen molar-refractivity contribution in [1.29, 1.82) is 0 Å². The lowest BCUT2D eigenvalue weighted by atomic mass is 10.1. The Kier molecular flexibility index (Phi) is 5.25. The fraction of sp³-hybridized carbons (Fsp3) is 0.400. The van der Waals surface area contributed by atoms with Crippen LogP contribution in [0.4, 0.5) is 14.5 Å². The van der Waals surface area contributed by atoms with Crippen LogP contribution in [0, 0.1) is 17.6 Å². The summed E-state index contributed by atoms with van der Waals surface area (Å²) in [5.74, 6) is -3.93. The van der Waals surface area contributed by atoms with Gasteiger partial charge < -0.3 is 15.3 Å². The van der Waals surface area contributed by atoms with Crippen LogP contribution in [0.3, 0.4) is 0 Å². The third-order valence-electron chi connectivity index (χ3n) is 3.52. The minimum absolute atomic E-state index is 0.0342. The van der Waals surface area contributed by atoms with E-state index in [4.69, 9.17) is 5.11 Å². The van der Waals surface area contributed by atoms with Crippen molar-refractivity contribution in [2.24, 2.45) is 5.92 Å². The van der Waals surface area contributed by atoms with Crippen molar-refractivity contribution in [2.45, 2.75) is 19.3 Å². The highest BCUT2D eigenvalue weighted by Crippen LogP contribution is 2.26. The monoisotopic (exact) mass is 326 g/mol. The summed E-state index contributed by atoms with van der Waals surface area (Å²) in [4.78, 5) is 35.5. The standard InChI is InChI=1S/C15H16F2N2O4/c16-10-5-11(17)7-12(6-10)19-8-9(4-13(19)20)15(23)18-3-1-2-14(21)22/h5-7,9H,1-4,8H2,(H,18,23)(H,21,22)/t9-/m1/s1. The van der Waals surface area contributed by atoms with E-state index in [0.29, 0.717) is 12.5 Å². The zero-order valence-electron chi connectivity index (χ0n) is 12.2. The summed E-state index contributed by atoms with van der Waals surface area (Å²) in [6, 6.07) is 2.78. The smallest absolute Gasteiger partial charge is 0.303 e. The average molecular weight is 326 g/mol. The Hall–Kier alpha value is -2.51. The van der Waals surface area contributed by atoms with Gasteiger partial charge in [0.2, 0.25) is 11.8 Å². The van der Waals surface area contributed by atoms with Crippen LogP contribution in [0.2, 0.25) is 0 Å². The Morgan fingerprint density at radius 2 is 1.91 bits per heavy atom. The molecule has 2 amide bonds. The molecule has 2 N–H and O–H groups in total. The van der Waals surface area contributed by atoms with Crippen LogP contribution in [0.5, 0.6) is 0 Å². The van der Waals surface area contributed by atoms with Gasteiger partial charge in [0.05, 0.1) is 5.92 Å². The Balaban J connectivity index is 1.94. The maximum Gasteiger partial charge on any atom is 0.303 e. The van der Waals surface area contributed by atoms with Crippen molar-refractivity contribution in [3.63, 3.8) is 0 Å². The van der Waals surface area contributed by atoms with Crippen LogP contribution in [0.15, 0.2) is 18.2 Å². The lowest BCUT2D eigenvalue weighted by Crippen LogP contribution is -2.33. The molecule has 6 nitrogen and oxygen atoms in total. The largest absolute Gasteiger partial charge is 0.481 e. The molecular weight excluding hydrogens is 310 g/mol. The molecule has 0 spiro atoms. The van der Waals surface area contributed by atoms with E-state index in [2.05, 4.69) is 5.32 Å². The Labute approximate surface area is 131 Å². The molecule has 8 heteroatoms. The number of amides is 2. The van der Waals surface area contributed by atoms with E-state index in [1.807, 2.05) is 0 Å². The van der Waals surface area contributed by atoms with Crippen molar-refractivity contribution in [3.8, 4) is 0 Å². The average Bonchev–Trinajstić information content (AvgIpc) is 2.84. The second kappa shape index (κ2) is 7.17. The first-order chi connectivity index (χ1) is 10.9. The molecule has 1 aliphatic heterocycles. The lowest BCUT2D eigenvalue weighted by molar-refractivity contribution is -0.137. The van der Waals surface area contributed by atoms with Crippen molar-refractivity contribution >= 4 is 23.5 Å². The topological polar surface area (TPSA) is 86.7 Å². The number of carbonyl (C=O) groups excluding carboxylic acids is 2. The van der Waals surface area contributed by atoms with Gasteiger partial charge in [0.25, 0.3) is 0 Å². The van der Waals surface area contributed by atoms with Gasteiger partial charge in [-0.3, -0.25) is 14.4 Å². The van der Waals surface area contributed by atoms with Gasteiger partial charge in [-0.2, -0.15) is 0 Å². The quantitative estimate of drug-likeness (QED) is 0.772. The molecule has 124 valence electrons. The summed E-state index contributed by atoms with van der Waals surface area (Å²) in [5.41, 5.74) is 0.0775. The van der Waals surface area contributed by atoms with Gasteiger partial charge in [0.15, 0.2) is 0 Å². The van der Waals surface area contributed by atoms with Crippen LogP contribution < -0.4 is 10.2 Å². The number of nitrogens with zero attached hydrogens (tertiary/aromatic N) is 1. The first kappa shape index (κ1) is 16.9. The summed E-state index contributed by atoms with van der Waals surface area (Å²) in [5, 5.41) is 11.1. The highest BCUT2D eigenvalue weighted by atomic mass is 19.1. The first-order valence-electron chi connectivity index (χ1n) is 7.13. The highest BCUT2D eigenvalue weighted by molar-refractivity contribution is 6.00.